The van der Waals surface area contributed by atoms with Gasteiger partial charge in [-0.05, 0) is 0 Å². The van der Waals surface area contributed by atoms with Gasteiger partial charge in [-0.25, -0.2) is 9.13 Å². The smallest absolute Gasteiger partial charge is 0.303 e. The fraction of sp³-hybridized carbons (Fsp3) is 0.400. The molecule has 0 aliphatic carbocycles. The summed E-state index contributed by atoms with van der Waals surface area (Å²) in [6.45, 7) is 14.4. The van der Waals surface area contributed by atoms with Gasteiger partial charge in [0.1, 0.15) is 0 Å². The standard InChI is InChI=1S/2C10H17P.2H3O4P.H3P/c2*1-11(2,3)9-10-7-5-4-6-8-10;2*1-5(2,3)4;/h2*4-8,11H,9H2,1-3H3;2*(H3,1,2,3,4);1H3/p+2. The molecule has 1 atom stereocenters. The summed E-state index contributed by atoms with van der Waals surface area (Å²) in [5.41, 5.74) is 2.98. The molecule has 0 radical (unpaired) electrons. The molecule has 33 heavy (non-hydrogen) atoms. The molecule has 0 aromatic heterocycles. The van der Waals surface area contributed by atoms with Crippen molar-refractivity contribution in [2.75, 3.05) is 40.0 Å². The Bertz CT molecular complexity index is 748. The third kappa shape index (κ3) is 42.6. The minimum Gasteiger partial charge on any atom is -0.303 e. The van der Waals surface area contributed by atoms with Gasteiger partial charge in [-0.1, -0.05) is 0 Å². The molecule has 0 heterocycles. The molecule has 0 saturated carbocycles. The van der Waals surface area contributed by atoms with Gasteiger partial charge in [0, 0.05) is 0 Å². The van der Waals surface area contributed by atoms with E-state index in [1.807, 2.05) is 0 Å². The molecule has 6 N–H and O–H groups in total. The summed E-state index contributed by atoms with van der Waals surface area (Å²) >= 11 is 0. The second kappa shape index (κ2) is 17.4. The summed E-state index contributed by atoms with van der Waals surface area (Å²) in [6, 6.07) is 21.5. The van der Waals surface area contributed by atoms with Crippen molar-refractivity contribution >= 4 is 40.1 Å². The number of benzene rings is 2. The Labute approximate surface area is 205 Å². The molecule has 0 fully saturated rings. The molecule has 0 bridgehead atoms. The zero-order chi connectivity index (χ0) is 25.6. The van der Waals surface area contributed by atoms with Crippen LogP contribution in [0.2, 0.25) is 0 Å². The van der Waals surface area contributed by atoms with Crippen LogP contribution in [-0.4, -0.2) is 69.3 Å². The third-order valence-corrected chi connectivity index (χ3v) is 6.09. The van der Waals surface area contributed by atoms with Crippen LogP contribution in [0.25, 0.3) is 0 Å². The van der Waals surface area contributed by atoms with Crippen LogP contribution in [0.1, 0.15) is 14.0 Å². The fourth-order valence-electron chi connectivity index (χ4n) is 2.42. The van der Waals surface area contributed by atoms with Crippen LogP contribution in [0.4, 0.5) is 0 Å². The van der Waals surface area contributed by atoms with Gasteiger partial charge < -0.3 is 29.4 Å². The Kier molecular flexibility index (Phi) is 19.8. The molecule has 0 aliphatic rings. The number of rotatable bonds is 4. The minimum absolute atomic E-state index is 0. The van der Waals surface area contributed by atoms with Gasteiger partial charge in [0.2, 0.25) is 0 Å². The van der Waals surface area contributed by atoms with Crippen LogP contribution in [-0.2, 0) is 21.5 Å². The topological polar surface area (TPSA) is 156 Å². The summed E-state index contributed by atoms with van der Waals surface area (Å²) in [7, 11) is -11.1. The quantitative estimate of drug-likeness (QED) is 0.302. The second-order valence-electron chi connectivity index (χ2n) is 9.47. The van der Waals surface area contributed by atoms with Crippen LogP contribution in [0.15, 0.2) is 60.7 Å². The van der Waals surface area contributed by atoms with Crippen LogP contribution in [0, 0.1) is 0 Å². The summed E-state index contributed by atoms with van der Waals surface area (Å²) in [5.74, 6) is 0. The van der Waals surface area contributed by atoms with Gasteiger partial charge in [-0.2, -0.15) is 9.90 Å². The summed E-state index contributed by atoms with van der Waals surface area (Å²) in [5, 5.41) is 0. The first-order valence-corrected chi connectivity index (χ1v) is 20.3. The van der Waals surface area contributed by atoms with Gasteiger partial charge in [0.25, 0.3) is 0 Å². The summed E-state index contributed by atoms with van der Waals surface area (Å²) in [6.07, 6.45) is 2.60. The number of hydrogen-bond acceptors (Lipinski definition) is 2. The van der Waals surface area contributed by atoms with Crippen LogP contribution < -0.4 is 0 Å². The van der Waals surface area contributed by atoms with Crippen molar-refractivity contribution in [3.05, 3.63) is 71.8 Å². The van der Waals surface area contributed by atoms with Crippen molar-refractivity contribution in [3.63, 3.8) is 0 Å². The molecular formula is C20H45O8P5+2. The van der Waals surface area contributed by atoms with E-state index in [0.717, 1.165) is 0 Å². The van der Waals surface area contributed by atoms with Gasteiger partial charge in [-0.15, -0.1) is 0 Å². The van der Waals surface area contributed by atoms with Crippen molar-refractivity contribution in [1.29, 1.82) is 0 Å². The van der Waals surface area contributed by atoms with E-state index in [2.05, 4.69) is 101 Å². The van der Waals surface area contributed by atoms with Gasteiger partial charge in [0.05, 0.1) is 0 Å². The Morgan fingerprint density at radius 3 is 0.909 bits per heavy atom. The fourth-order valence-corrected chi connectivity index (χ4v) is 5.34. The van der Waals surface area contributed by atoms with Crippen molar-refractivity contribution in [3.8, 4) is 0 Å². The maximum absolute atomic E-state index is 8.88. The van der Waals surface area contributed by atoms with Crippen molar-refractivity contribution in [1.82, 2.24) is 0 Å². The van der Waals surface area contributed by atoms with Crippen molar-refractivity contribution in [2.45, 2.75) is 12.3 Å². The molecule has 8 nitrogen and oxygen atoms in total. The number of hydrogen-bond donors (Lipinski definition) is 6. The molecular weight excluding hydrogens is 523 g/mol. The average Bonchev–Trinajstić information content (AvgIpc) is 2.51. The van der Waals surface area contributed by atoms with Gasteiger partial charge >= 0.3 is 157 Å². The van der Waals surface area contributed by atoms with E-state index in [-0.39, 0.29) is 12.8 Å². The third-order valence-electron chi connectivity index (χ3n) is 3.15. The molecule has 0 aliphatic heterocycles. The van der Waals surface area contributed by atoms with Crippen molar-refractivity contribution in [2.24, 2.45) is 0 Å². The van der Waals surface area contributed by atoms with Crippen LogP contribution in [0.5, 0.6) is 0 Å². The van der Waals surface area contributed by atoms with E-state index >= 15 is 0 Å². The predicted molar refractivity (Wildman–Crippen MR) is 154 cm³/mol. The molecule has 1 unspecified atom stereocenters. The molecule has 196 valence electrons. The molecule has 2 aromatic rings. The first-order valence-electron chi connectivity index (χ1n) is 9.80. The Morgan fingerprint density at radius 2 is 0.758 bits per heavy atom. The first kappa shape index (κ1) is 37.5. The SMILES string of the molecule is C[PH](C)(C)Cc1ccccc1.C[PH](C)(C)Cc1ccccc1.O=P(O)(O)O.O=P(O)(O)O.P.[H+].[H+]. The molecule has 13 heteroatoms. The van der Waals surface area contributed by atoms with E-state index in [4.69, 9.17) is 38.5 Å². The number of phosphoric acid groups is 2. The molecule has 0 spiro atoms. The first-order chi connectivity index (χ1) is 14.2. The molecule has 0 saturated heterocycles. The average molecular weight is 568 g/mol. The second-order valence-corrected chi connectivity index (χ2v) is 22.5. The van der Waals surface area contributed by atoms with Crippen molar-refractivity contribution < 1.29 is 41.3 Å². The zero-order valence-electron chi connectivity index (χ0n) is 22.3. The maximum atomic E-state index is 8.88. The van der Waals surface area contributed by atoms with Gasteiger partial charge in [-0.3, -0.25) is 0 Å². The van der Waals surface area contributed by atoms with Crippen LogP contribution in [0.3, 0.4) is 0 Å². The molecule has 2 rings (SSSR count). The zero-order valence-corrected chi connectivity index (χ0v) is 25.5. The minimum atomic E-state index is -4.64. The normalized spacial score (nSPS) is 12.2. The predicted octanol–water partition coefficient (Wildman–Crippen LogP) is 4.08. The molecule has 0 amide bonds. The van der Waals surface area contributed by atoms with E-state index in [0.29, 0.717) is 0 Å². The van der Waals surface area contributed by atoms with E-state index in [1.165, 1.54) is 23.5 Å². The summed E-state index contributed by atoms with van der Waals surface area (Å²) in [4.78, 5) is 43.1. The largest absolute Gasteiger partial charge is 1.00 e. The Morgan fingerprint density at radius 1 is 0.576 bits per heavy atom. The molecule has 2 aromatic carbocycles. The Hall–Kier alpha value is -0.0500. The van der Waals surface area contributed by atoms with Gasteiger partial charge in [0.15, 0.2) is 0 Å². The Balaban J connectivity index is -0.000000118. The maximum Gasteiger partial charge on any atom is 1.00 e. The summed E-state index contributed by atoms with van der Waals surface area (Å²) < 4.78 is 17.8. The van der Waals surface area contributed by atoms with E-state index < -0.39 is 30.2 Å². The van der Waals surface area contributed by atoms with Crippen LogP contribution >= 0.6 is 40.1 Å². The van der Waals surface area contributed by atoms with E-state index in [1.54, 1.807) is 0 Å². The monoisotopic (exact) mass is 568 g/mol. The van der Waals surface area contributed by atoms with E-state index in [9.17, 15) is 0 Å².